The highest BCUT2D eigenvalue weighted by Crippen LogP contribution is 2.41. The van der Waals surface area contributed by atoms with Crippen molar-refractivity contribution < 1.29 is 0 Å². The van der Waals surface area contributed by atoms with E-state index >= 15 is 0 Å². The smallest absolute Gasteiger partial charge is 0.0833 e. The first kappa shape index (κ1) is 37.9. The molecule has 2 atom stereocenters. The summed E-state index contributed by atoms with van der Waals surface area (Å²) in [7, 11) is 0. The number of rotatable bonds is 9. The second kappa shape index (κ2) is 15.8. The van der Waals surface area contributed by atoms with E-state index in [1.54, 1.807) is 0 Å². The number of fused-ring (bicyclic) bond motifs is 4. The monoisotopic (exact) mass is 722 g/mol. The van der Waals surface area contributed by atoms with Crippen molar-refractivity contribution in [3.8, 4) is 0 Å². The van der Waals surface area contributed by atoms with E-state index < -0.39 is 11.1 Å². The molecule has 0 bridgehead atoms. The van der Waals surface area contributed by atoms with Gasteiger partial charge in [0.1, 0.15) is 0 Å². The molecule has 4 nitrogen and oxygen atoms in total. The largest absolute Gasteiger partial charge is 0.325 e. The van der Waals surface area contributed by atoms with E-state index in [-0.39, 0.29) is 18.0 Å². The minimum atomic E-state index is -0.796. The third kappa shape index (κ3) is 7.03. The molecule has 8 aromatic carbocycles. The number of hydrogen-bond donors (Lipinski definition) is 4. The van der Waals surface area contributed by atoms with Gasteiger partial charge >= 0.3 is 0 Å². The predicted molar refractivity (Wildman–Crippen MR) is 236 cm³/mol. The van der Waals surface area contributed by atoms with Gasteiger partial charge in [0.25, 0.3) is 0 Å². The molecule has 0 aromatic heterocycles. The molecule has 0 saturated carbocycles. The molecule has 0 aliphatic rings. The van der Waals surface area contributed by atoms with Gasteiger partial charge in [-0.15, -0.1) is 0 Å². The molecule has 0 spiro atoms. The van der Waals surface area contributed by atoms with Crippen molar-refractivity contribution in [2.24, 2.45) is 34.8 Å². The fraction of sp³-hybridized carbons (Fsp3) is 0.216. The molecule has 0 fully saturated rings. The molecule has 0 saturated heterocycles. The SMILES string of the molecule is CC(C)C(N)C(N)(c1cccc2ccccc12)c1cccc2ccccc12.CC(C)CC(N)C(N)(c1cccc2ccccc12)c1cccc2ccccc12. The highest BCUT2D eigenvalue weighted by Gasteiger charge is 2.41. The highest BCUT2D eigenvalue weighted by molar-refractivity contribution is 5.93. The first-order valence-electron chi connectivity index (χ1n) is 19.6. The van der Waals surface area contributed by atoms with Crippen LogP contribution in [0.3, 0.4) is 0 Å². The van der Waals surface area contributed by atoms with Gasteiger partial charge in [0.2, 0.25) is 0 Å². The molecule has 2 unspecified atom stereocenters. The second-order valence-corrected chi connectivity index (χ2v) is 15.9. The van der Waals surface area contributed by atoms with Crippen LogP contribution in [-0.2, 0) is 11.1 Å². The van der Waals surface area contributed by atoms with E-state index in [4.69, 9.17) is 22.9 Å². The van der Waals surface area contributed by atoms with Crippen molar-refractivity contribution in [3.05, 3.63) is 192 Å². The Morgan fingerprint density at radius 1 is 0.382 bits per heavy atom. The molecule has 0 radical (unpaired) electrons. The zero-order valence-electron chi connectivity index (χ0n) is 32.5. The van der Waals surface area contributed by atoms with Crippen LogP contribution in [0.4, 0.5) is 0 Å². The van der Waals surface area contributed by atoms with Crippen molar-refractivity contribution in [1.82, 2.24) is 0 Å². The standard InChI is InChI=1S/C26H28N2.C25H26N2/c1-18(2)17-25(27)26(28,23-15-7-11-19-9-3-5-13-21(19)23)24-16-8-12-20-10-4-6-14-22(20)24;1-17(2)24(26)25(27,22-15-7-11-18-9-3-5-13-20(18)22)23-16-8-12-19-10-4-6-14-21(19)23/h3-16,18,25H,17,27-28H2,1-2H3;3-17,24H,26-27H2,1-2H3. The normalized spacial score (nSPS) is 13.3. The fourth-order valence-electron chi connectivity index (χ4n) is 8.61. The van der Waals surface area contributed by atoms with Gasteiger partial charge in [0.05, 0.1) is 11.1 Å². The summed E-state index contributed by atoms with van der Waals surface area (Å²) in [5.41, 5.74) is 31.1. The van der Waals surface area contributed by atoms with Gasteiger partial charge in [-0.3, -0.25) is 0 Å². The molecule has 4 heteroatoms. The Morgan fingerprint density at radius 2 is 0.655 bits per heavy atom. The summed E-state index contributed by atoms with van der Waals surface area (Å²) >= 11 is 0. The molecule has 8 rings (SSSR count). The van der Waals surface area contributed by atoms with Gasteiger partial charge in [0, 0.05) is 12.1 Å². The summed E-state index contributed by atoms with van der Waals surface area (Å²) in [6.07, 6.45) is 0.850. The fourth-order valence-corrected chi connectivity index (χ4v) is 8.61. The molecule has 0 aliphatic carbocycles. The molecule has 0 aliphatic heterocycles. The number of nitrogens with two attached hydrogens (primary N) is 4. The van der Waals surface area contributed by atoms with Gasteiger partial charge in [-0.05, 0) is 83.6 Å². The lowest BCUT2D eigenvalue weighted by atomic mass is 9.71. The molecule has 278 valence electrons. The van der Waals surface area contributed by atoms with Crippen LogP contribution in [0.15, 0.2) is 170 Å². The van der Waals surface area contributed by atoms with Crippen LogP contribution in [0.2, 0.25) is 0 Å². The topological polar surface area (TPSA) is 104 Å². The Morgan fingerprint density at radius 3 is 0.945 bits per heavy atom. The van der Waals surface area contributed by atoms with Gasteiger partial charge < -0.3 is 22.9 Å². The molecule has 8 aromatic rings. The zero-order chi connectivity index (χ0) is 38.7. The van der Waals surface area contributed by atoms with E-state index in [0.717, 1.165) is 39.4 Å². The van der Waals surface area contributed by atoms with Crippen LogP contribution in [-0.4, -0.2) is 12.1 Å². The lowest BCUT2D eigenvalue weighted by molar-refractivity contribution is 0.341. The number of benzene rings is 8. The first-order valence-corrected chi connectivity index (χ1v) is 19.6. The van der Waals surface area contributed by atoms with Crippen LogP contribution in [0, 0.1) is 11.8 Å². The number of hydrogen-bond acceptors (Lipinski definition) is 4. The van der Waals surface area contributed by atoms with Crippen LogP contribution in [0.25, 0.3) is 43.1 Å². The third-order valence-electron chi connectivity index (χ3n) is 11.5. The Labute approximate surface area is 326 Å². The van der Waals surface area contributed by atoms with Crippen molar-refractivity contribution in [2.45, 2.75) is 57.3 Å². The maximum atomic E-state index is 7.34. The molecular weight excluding hydrogens is 669 g/mol. The van der Waals surface area contributed by atoms with Crippen molar-refractivity contribution in [3.63, 3.8) is 0 Å². The maximum Gasteiger partial charge on any atom is 0.0833 e. The minimum Gasteiger partial charge on any atom is -0.325 e. The summed E-state index contributed by atoms with van der Waals surface area (Å²) in [4.78, 5) is 0. The highest BCUT2D eigenvalue weighted by atomic mass is 14.9. The minimum absolute atomic E-state index is 0.205. The lowest BCUT2D eigenvalue weighted by Gasteiger charge is -2.40. The van der Waals surface area contributed by atoms with E-state index in [2.05, 4.69) is 198 Å². The van der Waals surface area contributed by atoms with Gasteiger partial charge in [-0.1, -0.05) is 198 Å². The van der Waals surface area contributed by atoms with Crippen LogP contribution in [0.5, 0.6) is 0 Å². The van der Waals surface area contributed by atoms with Crippen molar-refractivity contribution in [2.75, 3.05) is 0 Å². The van der Waals surface area contributed by atoms with Crippen molar-refractivity contribution >= 4 is 43.1 Å². The Hall–Kier alpha value is -5.36. The van der Waals surface area contributed by atoms with Crippen LogP contribution in [0.1, 0.15) is 56.4 Å². The van der Waals surface area contributed by atoms with Crippen molar-refractivity contribution in [1.29, 1.82) is 0 Å². The van der Waals surface area contributed by atoms with Gasteiger partial charge in [-0.25, -0.2) is 0 Å². The second-order valence-electron chi connectivity index (χ2n) is 15.9. The van der Waals surface area contributed by atoms with Gasteiger partial charge in [-0.2, -0.15) is 0 Å². The summed E-state index contributed by atoms with van der Waals surface area (Å²) < 4.78 is 0. The average molecular weight is 723 g/mol. The molecule has 0 amide bonds. The van der Waals surface area contributed by atoms with Crippen LogP contribution < -0.4 is 22.9 Å². The van der Waals surface area contributed by atoms with E-state index in [1.165, 1.54) is 32.3 Å². The first-order chi connectivity index (χ1) is 26.5. The summed E-state index contributed by atoms with van der Waals surface area (Å²) in [6, 6.07) is 58.6. The quantitative estimate of drug-likeness (QED) is 0.119. The van der Waals surface area contributed by atoms with E-state index in [1.807, 2.05) is 0 Å². The van der Waals surface area contributed by atoms with Gasteiger partial charge in [0.15, 0.2) is 0 Å². The zero-order valence-corrected chi connectivity index (χ0v) is 32.5. The van der Waals surface area contributed by atoms with E-state index in [9.17, 15) is 0 Å². The summed E-state index contributed by atoms with van der Waals surface area (Å²) in [5.74, 6) is 0.691. The summed E-state index contributed by atoms with van der Waals surface area (Å²) in [6.45, 7) is 8.68. The Kier molecular flexibility index (Phi) is 10.9. The molecule has 8 N–H and O–H groups in total. The molecular formula is C51H54N4. The predicted octanol–water partition coefficient (Wildman–Crippen LogP) is 10.7. The molecule has 55 heavy (non-hydrogen) atoms. The average Bonchev–Trinajstić information content (AvgIpc) is 3.22. The summed E-state index contributed by atoms with van der Waals surface area (Å²) in [5, 5.41) is 9.39. The van der Waals surface area contributed by atoms with Crippen LogP contribution >= 0.6 is 0 Å². The lowest BCUT2D eigenvalue weighted by Crippen LogP contribution is -2.56. The third-order valence-corrected chi connectivity index (χ3v) is 11.5. The molecule has 0 heterocycles. The Bertz CT molecular complexity index is 2390. The Balaban J connectivity index is 0.000000169. The maximum absolute atomic E-state index is 7.34. The van der Waals surface area contributed by atoms with E-state index in [0.29, 0.717) is 5.92 Å².